The molecule has 14 heteroatoms. The van der Waals surface area contributed by atoms with Gasteiger partial charge in [-0.3, -0.25) is 15.1 Å². The van der Waals surface area contributed by atoms with E-state index in [4.69, 9.17) is 28.0 Å². The summed E-state index contributed by atoms with van der Waals surface area (Å²) in [5.74, 6) is -1.37. The second kappa shape index (κ2) is 8.96. The fourth-order valence-corrected chi connectivity index (χ4v) is 4.66. The van der Waals surface area contributed by atoms with Crippen LogP contribution >= 0.6 is 23.2 Å². The Morgan fingerprint density at radius 3 is 2.32 bits per heavy atom. The van der Waals surface area contributed by atoms with Gasteiger partial charge in [0.2, 0.25) is 11.5 Å². The predicted molar refractivity (Wildman–Crippen MR) is 122 cm³/mol. The minimum absolute atomic E-state index is 0.0494. The van der Waals surface area contributed by atoms with Gasteiger partial charge in [-0.2, -0.15) is 18.3 Å². The minimum Gasteiger partial charge on any atom is -0.334 e. The van der Waals surface area contributed by atoms with Crippen molar-refractivity contribution in [1.29, 1.82) is 0 Å². The zero-order valence-electron chi connectivity index (χ0n) is 18.6. The Bertz CT molecular complexity index is 1350. The molecule has 0 radical (unpaired) electrons. The van der Waals surface area contributed by atoms with Crippen LogP contribution in [0, 0.1) is 5.82 Å². The quantitative estimate of drug-likeness (QED) is 0.360. The van der Waals surface area contributed by atoms with Crippen molar-refractivity contribution in [2.75, 3.05) is 13.1 Å². The molecule has 5 rings (SSSR count). The van der Waals surface area contributed by atoms with Crippen LogP contribution in [0.25, 0.3) is 5.70 Å². The number of nitrogens with one attached hydrogen (secondary N) is 1. The number of alkyl halides is 4. The number of amides is 1. The van der Waals surface area contributed by atoms with Crippen molar-refractivity contribution in [3.05, 3.63) is 87.7 Å². The fourth-order valence-electron chi connectivity index (χ4n) is 4.17. The van der Waals surface area contributed by atoms with Crippen molar-refractivity contribution in [3.63, 3.8) is 0 Å². The Morgan fingerprint density at radius 1 is 1.11 bits per heavy atom. The van der Waals surface area contributed by atoms with Crippen LogP contribution < -0.4 is 5.48 Å². The van der Waals surface area contributed by atoms with Gasteiger partial charge in [0.15, 0.2) is 11.5 Å². The summed E-state index contributed by atoms with van der Waals surface area (Å²) in [5.41, 5.74) is -2.58. The molecule has 1 N–H and O–H groups in total. The number of hydrogen-bond acceptors (Lipinski definition) is 5. The topological polar surface area (TPSA) is 72.3 Å². The van der Waals surface area contributed by atoms with E-state index < -0.39 is 38.9 Å². The summed E-state index contributed by atoms with van der Waals surface area (Å²) < 4.78 is 73.0. The van der Waals surface area contributed by atoms with Crippen LogP contribution in [-0.2, 0) is 27.4 Å². The maximum absolute atomic E-state index is 15.4. The van der Waals surface area contributed by atoms with E-state index in [9.17, 15) is 22.4 Å². The first-order chi connectivity index (χ1) is 17.4. The van der Waals surface area contributed by atoms with Gasteiger partial charge in [0.25, 0.3) is 0 Å². The highest BCUT2D eigenvalue weighted by Crippen LogP contribution is 2.48. The molecular formula is C23H16Cl2F5N5O2. The van der Waals surface area contributed by atoms with Crippen LogP contribution in [0.2, 0.25) is 10.0 Å². The second-order valence-corrected chi connectivity index (χ2v) is 9.45. The number of hydroxylamine groups is 1. The van der Waals surface area contributed by atoms with E-state index in [-0.39, 0.29) is 42.4 Å². The molecule has 1 atom stereocenters. The molecule has 2 aliphatic heterocycles. The van der Waals surface area contributed by atoms with Crippen molar-refractivity contribution in [1.82, 2.24) is 25.1 Å². The zero-order valence-corrected chi connectivity index (χ0v) is 20.1. The summed E-state index contributed by atoms with van der Waals surface area (Å²) in [6.07, 6.45) is -1.53. The monoisotopic (exact) mass is 559 g/mol. The molecule has 0 spiro atoms. The van der Waals surface area contributed by atoms with Gasteiger partial charge in [0.05, 0.1) is 28.8 Å². The maximum atomic E-state index is 15.4. The first kappa shape index (κ1) is 25.4. The van der Waals surface area contributed by atoms with E-state index in [1.807, 2.05) is 0 Å². The molecule has 7 nitrogen and oxygen atoms in total. The smallest absolute Gasteiger partial charge is 0.334 e. The number of nitrogens with zero attached hydrogens (tertiary/aromatic N) is 4. The van der Waals surface area contributed by atoms with Gasteiger partial charge in [-0.1, -0.05) is 47.5 Å². The molecule has 3 heterocycles. The number of rotatable bonds is 5. The highest BCUT2D eigenvalue weighted by molar-refractivity contribution is 6.35. The molecule has 0 aliphatic carbocycles. The third-order valence-corrected chi connectivity index (χ3v) is 6.77. The number of aromatic nitrogens is 3. The van der Waals surface area contributed by atoms with Crippen LogP contribution in [0.1, 0.15) is 16.7 Å². The van der Waals surface area contributed by atoms with Gasteiger partial charge in [0, 0.05) is 5.56 Å². The van der Waals surface area contributed by atoms with Crippen LogP contribution in [0.15, 0.2) is 55.1 Å². The van der Waals surface area contributed by atoms with Crippen molar-refractivity contribution >= 4 is 34.8 Å². The summed E-state index contributed by atoms with van der Waals surface area (Å²) in [6.45, 7) is -0.416. The molecule has 37 heavy (non-hydrogen) atoms. The number of halogens is 7. The Hall–Kier alpha value is -3.22. The third kappa shape index (κ3) is 4.42. The summed E-state index contributed by atoms with van der Waals surface area (Å²) >= 11 is 11.4. The number of carbonyl (C=O) groups is 1. The van der Waals surface area contributed by atoms with E-state index in [1.54, 1.807) is 0 Å². The standard InChI is InChI=1S/C23H16Cl2F5N5O2/c24-16-5-15(6-17(25)20(16)26)22(23(28,29)30)7-18(33-37-22)13-1-3-14(4-2-13)21(27)9-34(10-21)19(36)8-35-12-31-11-32-35/h1-7,11-12,33H,8-10H2. The molecule has 1 saturated heterocycles. The molecule has 3 aromatic rings. The summed E-state index contributed by atoms with van der Waals surface area (Å²) in [6, 6.07) is 7.29. The Labute approximate surface area is 216 Å². The lowest BCUT2D eigenvalue weighted by Crippen LogP contribution is -2.59. The number of carbonyl (C=O) groups excluding carboxylic acids is 1. The molecular weight excluding hydrogens is 544 g/mol. The van der Waals surface area contributed by atoms with Gasteiger partial charge >= 0.3 is 6.18 Å². The highest BCUT2D eigenvalue weighted by Gasteiger charge is 2.60. The number of benzene rings is 2. The molecule has 2 aromatic carbocycles. The van der Waals surface area contributed by atoms with Crippen molar-refractivity contribution in [2.45, 2.75) is 24.0 Å². The van der Waals surface area contributed by atoms with E-state index in [0.29, 0.717) is 0 Å². The van der Waals surface area contributed by atoms with E-state index in [2.05, 4.69) is 15.6 Å². The van der Waals surface area contributed by atoms with Crippen LogP contribution in [0.5, 0.6) is 0 Å². The first-order valence-corrected chi connectivity index (χ1v) is 11.5. The maximum Gasteiger partial charge on any atom is 0.428 e. The SMILES string of the molecule is O=C(Cn1cncn1)N1CC(F)(c2ccc(C3=CC(c4cc(Cl)c(F)c(Cl)c4)(C(F)(F)F)ON3)cc2)C1. The van der Waals surface area contributed by atoms with Gasteiger partial charge in [0.1, 0.15) is 19.2 Å². The average molecular weight is 560 g/mol. The minimum atomic E-state index is -4.97. The molecule has 194 valence electrons. The molecule has 1 unspecified atom stereocenters. The third-order valence-electron chi connectivity index (χ3n) is 6.22. The summed E-state index contributed by atoms with van der Waals surface area (Å²) in [5, 5.41) is 2.65. The Morgan fingerprint density at radius 2 is 1.76 bits per heavy atom. The molecule has 0 bridgehead atoms. The van der Waals surface area contributed by atoms with Crippen molar-refractivity contribution < 1.29 is 31.6 Å². The number of likely N-dealkylation sites (tertiary alicyclic amines) is 1. The van der Waals surface area contributed by atoms with Gasteiger partial charge in [-0.15, -0.1) is 0 Å². The van der Waals surface area contributed by atoms with Crippen LogP contribution in [0.4, 0.5) is 22.0 Å². The van der Waals surface area contributed by atoms with Crippen molar-refractivity contribution in [2.24, 2.45) is 0 Å². The lowest BCUT2D eigenvalue weighted by atomic mass is 9.87. The fraction of sp³-hybridized carbons (Fsp3) is 0.261. The van der Waals surface area contributed by atoms with Gasteiger partial charge in [-0.05, 0) is 29.3 Å². The van der Waals surface area contributed by atoms with E-state index >= 15 is 4.39 Å². The van der Waals surface area contributed by atoms with E-state index in [1.165, 1.54) is 46.5 Å². The molecule has 2 aliphatic rings. The van der Waals surface area contributed by atoms with Crippen LogP contribution in [0.3, 0.4) is 0 Å². The summed E-state index contributed by atoms with van der Waals surface area (Å²) in [4.78, 5) is 22.3. The highest BCUT2D eigenvalue weighted by atomic mass is 35.5. The summed E-state index contributed by atoms with van der Waals surface area (Å²) in [7, 11) is 0. The molecule has 1 fully saturated rings. The average Bonchev–Trinajstić information content (AvgIpc) is 3.51. The van der Waals surface area contributed by atoms with Gasteiger partial charge in [-0.25, -0.2) is 18.4 Å². The molecule has 1 amide bonds. The lowest BCUT2D eigenvalue weighted by molar-refractivity contribution is -0.269. The van der Waals surface area contributed by atoms with Crippen molar-refractivity contribution in [3.8, 4) is 0 Å². The Balaban J connectivity index is 1.35. The van der Waals surface area contributed by atoms with Gasteiger partial charge < -0.3 is 4.90 Å². The molecule has 1 aromatic heterocycles. The normalized spacial score (nSPS) is 20.8. The predicted octanol–water partition coefficient (Wildman–Crippen LogP) is 4.76. The first-order valence-electron chi connectivity index (χ1n) is 10.7. The Kier molecular flexibility index (Phi) is 6.16. The van der Waals surface area contributed by atoms with Crippen LogP contribution in [-0.4, -0.2) is 44.8 Å². The van der Waals surface area contributed by atoms with E-state index in [0.717, 1.165) is 18.2 Å². The second-order valence-electron chi connectivity index (χ2n) is 8.63. The largest absolute Gasteiger partial charge is 0.428 e. The lowest BCUT2D eigenvalue weighted by Gasteiger charge is -2.44. The zero-order chi connectivity index (χ0) is 26.6. The number of hydrogen-bond donors (Lipinski definition) is 1. The molecule has 0 saturated carbocycles.